The highest BCUT2D eigenvalue weighted by Gasteiger charge is 2.35. The minimum absolute atomic E-state index is 0.0300. The first-order valence-electron chi connectivity index (χ1n) is 7.97. The van der Waals surface area contributed by atoms with Crippen LogP contribution in [0.25, 0.3) is 0 Å². The number of rotatable bonds is 2. The van der Waals surface area contributed by atoms with Crippen molar-refractivity contribution in [3.05, 3.63) is 47.3 Å². The van der Waals surface area contributed by atoms with Gasteiger partial charge in [0.05, 0.1) is 17.3 Å². The van der Waals surface area contributed by atoms with Crippen LogP contribution in [0.1, 0.15) is 42.8 Å². The minimum Gasteiger partial charge on any atom is -0.360 e. The summed E-state index contributed by atoms with van der Waals surface area (Å²) in [5, 5.41) is 9.99. The standard InChI is InChI=1S/C18H20N4O/c1-9(2)16-12-7-14-15(8-13(12)22-18(16)23)21-17(20-14)11-4-5-19-10(3)6-11/h4-9,16-17,20-21H,1-3H3,(H,22,23). The van der Waals surface area contributed by atoms with Gasteiger partial charge in [0.2, 0.25) is 5.91 Å². The van der Waals surface area contributed by atoms with Crippen molar-refractivity contribution in [1.29, 1.82) is 0 Å². The van der Waals surface area contributed by atoms with Gasteiger partial charge in [-0.1, -0.05) is 13.8 Å². The average molecular weight is 308 g/mol. The molecule has 4 rings (SSSR count). The number of nitrogens with zero attached hydrogens (tertiary/aromatic N) is 1. The third-order valence-electron chi connectivity index (χ3n) is 4.59. The van der Waals surface area contributed by atoms with Crippen LogP contribution in [-0.2, 0) is 4.79 Å². The molecule has 0 spiro atoms. The first-order chi connectivity index (χ1) is 11.0. The predicted molar refractivity (Wildman–Crippen MR) is 91.6 cm³/mol. The van der Waals surface area contributed by atoms with Crippen LogP contribution >= 0.6 is 0 Å². The molecule has 23 heavy (non-hydrogen) atoms. The molecule has 2 aliphatic rings. The van der Waals surface area contributed by atoms with Gasteiger partial charge in [-0.2, -0.15) is 0 Å². The van der Waals surface area contributed by atoms with Crippen molar-refractivity contribution in [3.63, 3.8) is 0 Å². The highest BCUT2D eigenvalue weighted by molar-refractivity contribution is 6.05. The molecule has 2 aromatic rings. The van der Waals surface area contributed by atoms with Gasteiger partial charge in [-0.15, -0.1) is 0 Å². The first kappa shape index (κ1) is 14.1. The van der Waals surface area contributed by atoms with E-state index < -0.39 is 0 Å². The summed E-state index contributed by atoms with van der Waals surface area (Å²) in [6.45, 7) is 6.16. The molecule has 1 aromatic heterocycles. The Labute approximate surface area is 135 Å². The Morgan fingerprint density at radius 1 is 1.09 bits per heavy atom. The van der Waals surface area contributed by atoms with E-state index in [9.17, 15) is 4.79 Å². The van der Waals surface area contributed by atoms with Crippen LogP contribution in [-0.4, -0.2) is 10.9 Å². The van der Waals surface area contributed by atoms with Gasteiger partial charge in [0, 0.05) is 17.6 Å². The monoisotopic (exact) mass is 308 g/mol. The van der Waals surface area contributed by atoms with Gasteiger partial charge >= 0.3 is 0 Å². The van der Waals surface area contributed by atoms with E-state index in [4.69, 9.17) is 0 Å². The quantitative estimate of drug-likeness (QED) is 0.793. The van der Waals surface area contributed by atoms with Gasteiger partial charge in [0.1, 0.15) is 6.17 Å². The molecular weight excluding hydrogens is 288 g/mol. The summed E-state index contributed by atoms with van der Waals surface area (Å²) in [6.07, 6.45) is 1.86. The van der Waals surface area contributed by atoms with Gasteiger partial charge in [-0.05, 0) is 48.2 Å². The van der Waals surface area contributed by atoms with E-state index in [2.05, 4.69) is 46.9 Å². The van der Waals surface area contributed by atoms with E-state index in [1.807, 2.05) is 25.3 Å². The normalized spacial score (nSPS) is 21.5. The second-order valence-electron chi connectivity index (χ2n) is 6.65. The van der Waals surface area contributed by atoms with E-state index in [1.54, 1.807) is 0 Å². The van der Waals surface area contributed by atoms with Crippen LogP contribution in [0, 0.1) is 12.8 Å². The summed E-state index contributed by atoms with van der Waals surface area (Å²) in [5.74, 6) is 0.307. The maximum Gasteiger partial charge on any atom is 0.232 e. The van der Waals surface area contributed by atoms with Crippen molar-refractivity contribution in [2.75, 3.05) is 16.0 Å². The van der Waals surface area contributed by atoms with Gasteiger partial charge in [-0.3, -0.25) is 9.78 Å². The predicted octanol–water partition coefficient (Wildman–Crippen LogP) is 3.62. The topological polar surface area (TPSA) is 66.0 Å². The molecule has 1 aromatic carbocycles. The van der Waals surface area contributed by atoms with E-state index in [1.165, 1.54) is 0 Å². The zero-order valence-corrected chi connectivity index (χ0v) is 13.5. The number of anilines is 3. The molecule has 5 nitrogen and oxygen atoms in total. The number of fused-ring (bicyclic) bond motifs is 2. The maximum absolute atomic E-state index is 12.2. The van der Waals surface area contributed by atoms with Crippen molar-refractivity contribution in [3.8, 4) is 0 Å². The molecule has 0 aliphatic carbocycles. The van der Waals surface area contributed by atoms with Crippen molar-refractivity contribution in [2.24, 2.45) is 5.92 Å². The number of carbonyl (C=O) groups excluding carboxylic acids is 1. The third-order valence-corrected chi connectivity index (χ3v) is 4.59. The summed E-state index contributed by atoms with van der Waals surface area (Å²) in [6, 6.07) is 8.22. The zero-order chi connectivity index (χ0) is 16.1. The van der Waals surface area contributed by atoms with Crippen LogP contribution in [0.5, 0.6) is 0 Å². The summed E-state index contributed by atoms with van der Waals surface area (Å²) < 4.78 is 0. The summed E-state index contributed by atoms with van der Waals surface area (Å²) in [7, 11) is 0. The lowest BCUT2D eigenvalue weighted by molar-refractivity contribution is -0.117. The van der Waals surface area contributed by atoms with E-state index in [0.717, 1.165) is 33.9 Å². The fraction of sp³-hybridized carbons (Fsp3) is 0.333. The van der Waals surface area contributed by atoms with Gasteiger partial charge < -0.3 is 16.0 Å². The molecule has 1 amide bonds. The summed E-state index contributed by atoms with van der Waals surface area (Å²) in [4.78, 5) is 16.4. The second-order valence-corrected chi connectivity index (χ2v) is 6.65. The molecule has 0 fully saturated rings. The van der Waals surface area contributed by atoms with Crippen LogP contribution in [0.4, 0.5) is 17.1 Å². The van der Waals surface area contributed by atoms with Crippen molar-refractivity contribution >= 4 is 23.0 Å². The smallest absolute Gasteiger partial charge is 0.232 e. The fourth-order valence-corrected chi connectivity index (χ4v) is 3.50. The summed E-state index contributed by atoms with van der Waals surface area (Å²) in [5.41, 5.74) is 6.23. The molecule has 0 saturated heterocycles. The van der Waals surface area contributed by atoms with Gasteiger partial charge in [-0.25, -0.2) is 0 Å². The number of aromatic nitrogens is 1. The SMILES string of the molecule is Cc1cc(C2Nc3cc4c(cc3N2)C(C(C)C)C(=O)N4)ccn1. The Morgan fingerprint density at radius 3 is 2.52 bits per heavy atom. The molecular formula is C18H20N4O. The Balaban J connectivity index is 1.68. The molecule has 118 valence electrons. The lowest BCUT2D eigenvalue weighted by Gasteiger charge is -2.14. The number of nitrogens with one attached hydrogen (secondary N) is 3. The van der Waals surface area contributed by atoms with Crippen LogP contribution in [0.3, 0.4) is 0 Å². The van der Waals surface area contributed by atoms with Crippen LogP contribution in [0.2, 0.25) is 0 Å². The Bertz CT molecular complexity index is 800. The lowest BCUT2D eigenvalue weighted by atomic mass is 9.89. The number of carbonyl (C=O) groups is 1. The highest BCUT2D eigenvalue weighted by atomic mass is 16.2. The maximum atomic E-state index is 12.2. The largest absolute Gasteiger partial charge is 0.360 e. The number of amides is 1. The molecule has 2 aliphatic heterocycles. The molecule has 0 saturated carbocycles. The Kier molecular flexibility index (Phi) is 3.04. The van der Waals surface area contributed by atoms with E-state index in [-0.39, 0.29) is 23.9 Å². The van der Waals surface area contributed by atoms with Gasteiger partial charge in [0.25, 0.3) is 0 Å². The van der Waals surface area contributed by atoms with Gasteiger partial charge in [0.15, 0.2) is 0 Å². The van der Waals surface area contributed by atoms with E-state index >= 15 is 0 Å². The molecule has 3 N–H and O–H groups in total. The van der Waals surface area contributed by atoms with Crippen LogP contribution in [0.15, 0.2) is 30.5 Å². The Hall–Kier alpha value is -2.56. The number of hydrogen-bond donors (Lipinski definition) is 3. The number of benzene rings is 1. The average Bonchev–Trinajstić information content (AvgIpc) is 3.03. The van der Waals surface area contributed by atoms with Crippen molar-refractivity contribution in [1.82, 2.24) is 4.98 Å². The molecule has 0 bridgehead atoms. The molecule has 5 heteroatoms. The molecule has 2 atom stereocenters. The number of pyridine rings is 1. The molecule has 3 heterocycles. The lowest BCUT2D eigenvalue weighted by Crippen LogP contribution is -2.17. The van der Waals surface area contributed by atoms with Crippen LogP contribution < -0.4 is 16.0 Å². The van der Waals surface area contributed by atoms with Crippen molar-refractivity contribution < 1.29 is 4.79 Å². The third kappa shape index (κ3) is 2.23. The number of aryl methyl sites for hydroxylation is 1. The van der Waals surface area contributed by atoms with E-state index in [0.29, 0.717) is 0 Å². The fourth-order valence-electron chi connectivity index (χ4n) is 3.50. The molecule has 2 unspecified atom stereocenters. The van der Waals surface area contributed by atoms with Crippen molar-refractivity contribution in [2.45, 2.75) is 32.9 Å². The number of hydrogen-bond acceptors (Lipinski definition) is 4. The second kappa shape index (κ2) is 4.98. The minimum atomic E-state index is -0.0701. The summed E-state index contributed by atoms with van der Waals surface area (Å²) >= 11 is 0. The zero-order valence-electron chi connectivity index (χ0n) is 13.5. The molecule has 0 radical (unpaired) electrons. The first-order valence-corrected chi connectivity index (χ1v) is 7.97. The Morgan fingerprint density at radius 2 is 1.83 bits per heavy atom. The highest BCUT2D eigenvalue weighted by Crippen LogP contribution is 2.45.